The van der Waals surface area contributed by atoms with Crippen LogP contribution in [0.3, 0.4) is 0 Å². The molecular formula is C29H32ClN7O2. The number of nitrogens with zero attached hydrogens (tertiary/aromatic N) is 6. The molecule has 0 fully saturated rings. The van der Waals surface area contributed by atoms with Gasteiger partial charge in [-0.25, -0.2) is 4.98 Å². The van der Waals surface area contributed by atoms with Crippen molar-refractivity contribution in [3.8, 4) is 11.3 Å². The molecule has 0 bridgehead atoms. The van der Waals surface area contributed by atoms with Gasteiger partial charge in [0, 0.05) is 49.6 Å². The molecule has 6 rings (SSSR count). The third kappa shape index (κ3) is 4.70. The minimum Gasteiger partial charge on any atom is -0.481 e. The normalized spacial score (nSPS) is 20.8. The maximum absolute atomic E-state index is 11.7. The van der Waals surface area contributed by atoms with E-state index < -0.39 is 11.4 Å². The number of aryl methyl sites for hydroxylation is 1. The van der Waals surface area contributed by atoms with E-state index in [0.717, 1.165) is 60.6 Å². The van der Waals surface area contributed by atoms with E-state index in [2.05, 4.69) is 56.5 Å². The van der Waals surface area contributed by atoms with Crippen molar-refractivity contribution < 1.29 is 9.90 Å². The number of carbonyl (C=O) groups is 1. The van der Waals surface area contributed by atoms with Gasteiger partial charge in [0.2, 0.25) is 5.95 Å². The first-order valence-electron chi connectivity index (χ1n) is 13.2. The monoisotopic (exact) mass is 545 g/mol. The second kappa shape index (κ2) is 9.81. The number of hydrogen-bond acceptors (Lipinski definition) is 7. The number of aliphatic carboxylic acids is 1. The fourth-order valence-electron chi connectivity index (χ4n) is 6.13. The van der Waals surface area contributed by atoms with Gasteiger partial charge in [-0.15, -0.1) is 0 Å². The van der Waals surface area contributed by atoms with Crippen LogP contribution in [-0.2, 0) is 24.8 Å². The molecule has 10 heteroatoms. The zero-order chi connectivity index (χ0) is 27.3. The van der Waals surface area contributed by atoms with Crippen LogP contribution < -0.4 is 10.2 Å². The number of nitrogens with one attached hydrogen (secondary N) is 1. The Hall–Kier alpha value is -3.69. The molecule has 39 heavy (non-hydrogen) atoms. The zero-order valence-electron chi connectivity index (χ0n) is 22.4. The maximum Gasteiger partial charge on any atom is 0.304 e. The van der Waals surface area contributed by atoms with Gasteiger partial charge in [-0.2, -0.15) is 10.1 Å². The Morgan fingerprint density at radius 3 is 2.85 bits per heavy atom. The summed E-state index contributed by atoms with van der Waals surface area (Å²) >= 11 is 6.68. The average Bonchev–Trinajstić information content (AvgIpc) is 3.45. The van der Waals surface area contributed by atoms with Crippen LogP contribution in [0, 0.1) is 5.41 Å². The highest BCUT2D eigenvalue weighted by Crippen LogP contribution is 2.48. The lowest BCUT2D eigenvalue weighted by molar-refractivity contribution is -0.138. The largest absolute Gasteiger partial charge is 0.481 e. The number of halogens is 1. The van der Waals surface area contributed by atoms with E-state index in [9.17, 15) is 9.90 Å². The first kappa shape index (κ1) is 25.6. The first-order valence-corrected chi connectivity index (χ1v) is 13.6. The summed E-state index contributed by atoms with van der Waals surface area (Å²) in [5.41, 5.74) is 7.16. The molecule has 0 radical (unpaired) electrons. The Morgan fingerprint density at radius 2 is 2.08 bits per heavy atom. The van der Waals surface area contributed by atoms with Crippen molar-refractivity contribution in [3.63, 3.8) is 0 Å². The fraction of sp³-hybridized carbons (Fsp3) is 0.379. The molecule has 2 N–H and O–H groups in total. The molecule has 4 heterocycles. The topological polar surface area (TPSA) is 99.4 Å². The van der Waals surface area contributed by atoms with E-state index in [-0.39, 0.29) is 6.42 Å². The third-order valence-electron chi connectivity index (χ3n) is 8.04. The molecule has 2 aliphatic heterocycles. The number of fused-ring (bicyclic) bond motifs is 1. The van der Waals surface area contributed by atoms with E-state index in [1.165, 1.54) is 11.1 Å². The molecule has 3 aromatic rings. The van der Waals surface area contributed by atoms with Crippen molar-refractivity contribution in [3.05, 3.63) is 70.2 Å². The molecule has 0 saturated heterocycles. The van der Waals surface area contributed by atoms with Crippen LogP contribution >= 0.6 is 11.6 Å². The van der Waals surface area contributed by atoms with Crippen LogP contribution in [0.4, 0.5) is 17.5 Å². The number of benzene rings is 1. The van der Waals surface area contributed by atoms with Crippen molar-refractivity contribution in [1.82, 2.24) is 24.6 Å². The van der Waals surface area contributed by atoms with Gasteiger partial charge in [-0.1, -0.05) is 30.7 Å². The Bertz CT molecular complexity index is 1530. The Kier molecular flexibility index (Phi) is 6.43. The molecule has 1 atom stereocenters. The molecule has 1 unspecified atom stereocenters. The fourth-order valence-corrected chi connectivity index (χ4v) is 6.32. The number of carboxylic acid groups (broad SMARTS) is 1. The smallest absolute Gasteiger partial charge is 0.304 e. The molecule has 9 nitrogen and oxygen atoms in total. The highest BCUT2D eigenvalue weighted by molar-refractivity contribution is 6.33. The van der Waals surface area contributed by atoms with Crippen molar-refractivity contribution in [2.75, 3.05) is 30.4 Å². The van der Waals surface area contributed by atoms with Crippen LogP contribution in [0.15, 0.2) is 54.0 Å². The van der Waals surface area contributed by atoms with E-state index >= 15 is 0 Å². The minimum atomic E-state index is -0.818. The lowest BCUT2D eigenvalue weighted by Gasteiger charge is -2.27. The predicted octanol–water partition coefficient (Wildman–Crippen LogP) is 5.17. The average molecular weight is 546 g/mol. The maximum atomic E-state index is 11.7. The van der Waals surface area contributed by atoms with Gasteiger partial charge in [0.1, 0.15) is 5.02 Å². The summed E-state index contributed by atoms with van der Waals surface area (Å²) in [6, 6.07) is 6.45. The highest BCUT2D eigenvalue weighted by Gasteiger charge is 2.43. The van der Waals surface area contributed by atoms with E-state index in [1.807, 2.05) is 24.7 Å². The summed E-state index contributed by atoms with van der Waals surface area (Å²) in [7, 11) is 4.08. The summed E-state index contributed by atoms with van der Waals surface area (Å²) in [5.74, 6) is 0.204. The molecule has 1 aliphatic carbocycles. The van der Waals surface area contributed by atoms with Gasteiger partial charge in [0.25, 0.3) is 0 Å². The Labute approximate surface area is 232 Å². The summed E-state index contributed by atoms with van der Waals surface area (Å²) in [5, 5.41) is 17.9. The van der Waals surface area contributed by atoms with Crippen molar-refractivity contribution in [2.24, 2.45) is 12.5 Å². The van der Waals surface area contributed by atoms with Gasteiger partial charge < -0.3 is 20.2 Å². The van der Waals surface area contributed by atoms with Crippen LogP contribution in [-0.4, -0.2) is 55.9 Å². The molecule has 0 saturated carbocycles. The third-order valence-corrected chi connectivity index (χ3v) is 8.30. The quantitative estimate of drug-likeness (QED) is 0.438. The number of aromatic nitrogens is 4. The molecular weight excluding hydrogens is 514 g/mol. The molecule has 2 aromatic heterocycles. The molecule has 0 spiro atoms. The summed E-state index contributed by atoms with van der Waals surface area (Å²) in [6.07, 6.45) is 10.3. The molecule has 1 aromatic carbocycles. The second-order valence-corrected chi connectivity index (χ2v) is 11.4. The van der Waals surface area contributed by atoms with Gasteiger partial charge in [-0.05, 0) is 61.2 Å². The summed E-state index contributed by atoms with van der Waals surface area (Å²) < 4.78 is 1.87. The Morgan fingerprint density at radius 1 is 1.23 bits per heavy atom. The van der Waals surface area contributed by atoms with Gasteiger partial charge in [0.05, 0.1) is 24.0 Å². The van der Waals surface area contributed by atoms with E-state index in [0.29, 0.717) is 23.3 Å². The lowest BCUT2D eigenvalue weighted by Crippen LogP contribution is -2.30. The standard InChI is InChI=1S/C29H32ClN7O2/c1-29(14-26(38)39)17-37(25-7-5-4-6-21(25)29)27-22(30)15-31-28(34-27)33-23-13-19-16-35(2)11-9-18(19)12-20(23)24-8-10-32-36(24)3/h4,6,8,10,12-13,15H,5,7,9,11,14,16-17H2,1-3H3,(H,38,39)(H,31,33,34). The number of anilines is 3. The highest BCUT2D eigenvalue weighted by atomic mass is 35.5. The van der Waals surface area contributed by atoms with Crippen LogP contribution in [0.1, 0.15) is 37.3 Å². The molecule has 202 valence electrons. The van der Waals surface area contributed by atoms with Crippen molar-refractivity contribution >= 4 is 35.0 Å². The predicted molar refractivity (Wildman–Crippen MR) is 152 cm³/mol. The van der Waals surface area contributed by atoms with Gasteiger partial charge in [-0.3, -0.25) is 9.48 Å². The Balaban J connectivity index is 1.39. The minimum absolute atomic E-state index is 0.0398. The number of carboxylic acids is 1. The molecule has 0 amide bonds. The van der Waals surface area contributed by atoms with Crippen LogP contribution in [0.5, 0.6) is 0 Å². The number of likely N-dealkylation sites (N-methyl/N-ethyl adjacent to an activating group) is 1. The first-order chi connectivity index (χ1) is 18.7. The van der Waals surface area contributed by atoms with Crippen LogP contribution in [0.2, 0.25) is 5.02 Å². The lowest BCUT2D eigenvalue weighted by atomic mass is 9.79. The summed E-state index contributed by atoms with van der Waals surface area (Å²) in [4.78, 5) is 25.6. The number of allylic oxidation sites excluding steroid dienone is 3. The van der Waals surface area contributed by atoms with E-state index in [1.54, 1.807) is 12.4 Å². The second-order valence-electron chi connectivity index (χ2n) is 11.0. The summed E-state index contributed by atoms with van der Waals surface area (Å²) in [6.45, 7) is 4.40. The van der Waals surface area contributed by atoms with Gasteiger partial charge in [0.15, 0.2) is 5.82 Å². The number of rotatable bonds is 6. The van der Waals surface area contributed by atoms with Crippen molar-refractivity contribution in [1.29, 1.82) is 0 Å². The zero-order valence-corrected chi connectivity index (χ0v) is 23.2. The SMILES string of the molecule is CN1CCc2cc(-c3ccnn3C)c(Nc3ncc(Cl)c(N4CC(C)(CC(=O)O)C5=C4CCC=C5)n3)cc2C1. The van der Waals surface area contributed by atoms with Gasteiger partial charge >= 0.3 is 5.97 Å². The van der Waals surface area contributed by atoms with Crippen LogP contribution in [0.25, 0.3) is 11.3 Å². The number of hydrogen-bond donors (Lipinski definition) is 2. The molecule has 3 aliphatic rings. The van der Waals surface area contributed by atoms with Crippen molar-refractivity contribution in [2.45, 2.75) is 39.2 Å². The van der Waals surface area contributed by atoms with E-state index in [4.69, 9.17) is 16.6 Å².